The molecule has 0 fully saturated rings. The lowest BCUT2D eigenvalue weighted by molar-refractivity contribution is -0.115. The maximum Gasteiger partial charge on any atom is 0.231 e. The van der Waals surface area contributed by atoms with Crippen molar-refractivity contribution in [1.29, 1.82) is 0 Å². The van der Waals surface area contributed by atoms with Gasteiger partial charge in [0.2, 0.25) is 5.91 Å². The Bertz CT molecular complexity index is 362. The second-order valence-electron chi connectivity index (χ2n) is 2.92. The van der Waals surface area contributed by atoms with E-state index in [9.17, 15) is 4.79 Å². The maximum absolute atomic E-state index is 11.3. The van der Waals surface area contributed by atoms with Crippen LogP contribution < -0.4 is 11.1 Å². The molecule has 80 valence electrons. The van der Waals surface area contributed by atoms with Crippen LogP contribution in [0.3, 0.4) is 0 Å². The van der Waals surface area contributed by atoms with Crippen LogP contribution >= 0.6 is 24.0 Å². The lowest BCUT2D eigenvalue weighted by Crippen LogP contribution is -2.20. The molecule has 1 amide bonds. The molecule has 0 radical (unpaired) electrons. The number of hydrogen-bond acceptors (Lipinski definition) is 3. The molecule has 0 atom stereocenters. The molecule has 0 unspecified atom stereocenters. The summed E-state index contributed by atoms with van der Waals surface area (Å²) in [7, 11) is 0. The standard InChI is InChI=1S/C10H12N2OS2/c1-15-8-4-2-7(3-5-8)12-10(13)6-9(11)14/h2-5H,6H2,1H3,(H2,11,14)(H,12,13). The number of benzene rings is 1. The number of nitrogens with two attached hydrogens (primary N) is 1. The highest BCUT2D eigenvalue weighted by atomic mass is 32.2. The zero-order valence-corrected chi connectivity index (χ0v) is 9.95. The van der Waals surface area contributed by atoms with E-state index in [1.54, 1.807) is 11.8 Å². The van der Waals surface area contributed by atoms with Crippen LogP contribution in [-0.2, 0) is 4.79 Å². The monoisotopic (exact) mass is 240 g/mol. The van der Waals surface area contributed by atoms with Crippen molar-refractivity contribution in [3.63, 3.8) is 0 Å². The molecule has 0 heterocycles. The molecule has 0 saturated heterocycles. The van der Waals surface area contributed by atoms with E-state index in [2.05, 4.69) is 17.5 Å². The van der Waals surface area contributed by atoms with Gasteiger partial charge >= 0.3 is 0 Å². The molecule has 3 N–H and O–H groups in total. The maximum atomic E-state index is 11.3. The second kappa shape index (κ2) is 5.72. The summed E-state index contributed by atoms with van der Waals surface area (Å²) in [6.45, 7) is 0. The van der Waals surface area contributed by atoms with E-state index in [0.29, 0.717) is 0 Å². The van der Waals surface area contributed by atoms with Crippen LogP contribution in [0.1, 0.15) is 6.42 Å². The Morgan fingerprint density at radius 2 is 2.07 bits per heavy atom. The predicted octanol–water partition coefficient (Wildman–Crippen LogP) is 2.02. The second-order valence-corrected chi connectivity index (χ2v) is 4.32. The van der Waals surface area contributed by atoms with Gasteiger partial charge in [-0.25, -0.2) is 0 Å². The third kappa shape index (κ3) is 4.31. The number of carbonyl (C=O) groups is 1. The van der Waals surface area contributed by atoms with Crippen molar-refractivity contribution in [2.75, 3.05) is 11.6 Å². The number of hydrogen-bond donors (Lipinski definition) is 2. The molecule has 0 aliphatic heterocycles. The van der Waals surface area contributed by atoms with Gasteiger partial charge in [-0.05, 0) is 30.5 Å². The van der Waals surface area contributed by atoms with Gasteiger partial charge in [0.25, 0.3) is 0 Å². The van der Waals surface area contributed by atoms with Crippen LogP contribution in [-0.4, -0.2) is 17.2 Å². The van der Waals surface area contributed by atoms with Crippen LogP contribution in [0.15, 0.2) is 29.2 Å². The Morgan fingerprint density at radius 1 is 1.47 bits per heavy atom. The van der Waals surface area contributed by atoms with E-state index in [0.717, 1.165) is 10.6 Å². The average Bonchev–Trinajstić information content (AvgIpc) is 2.17. The van der Waals surface area contributed by atoms with Gasteiger partial charge in [-0.3, -0.25) is 4.79 Å². The summed E-state index contributed by atoms with van der Waals surface area (Å²) in [6.07, 6.45) is 2.08. The van der Waals surface area contributed by atoms with E-state index >= 15 is 0 Å². The average molecular weight is 240 g/mol. The Morgan fingerprint density at radius 3 is 2.53 bits per heavy atom. The molecule has 0 spiro atoms. The smallest absolute Gasteiger partial charge is 0.231 e. The molecular weight excluding hydrogens is 228 g/mol. The minimum Gasteiger partial charge on any atom is -0.393 e. The quantitative estimate of drug-likeness (QED) is 0.624. The van der Waals surface area contributed by atoms with Gasteiger partial charge in [0.1, 0.15) is 0 Å². The molecule has 0 aromatic heterocycles. The molecule has 0 aliphatic carbocycles. The van der Waals surface area contributed by atoms with Crippen molar-refractivity contribution in [3.05, 3.63) is 24.3 Å². The fourth-order valence-corrected chi connectivity index (χ4v) is 1.58. The van der Waals surface area contributed by atoms with E-state index < -0.39 is 0 Å². The highest BCUT2D eigenvalue weighted by molar-refractivity contribution is 7.98. The number of carbonyl (C=O) groups excluding carboxylic acids is 1. The molecule has 5 heteroatoms. The SMILES string of the molecule is CSc1ccc(NC(=O)CC(N)=S)cc1. The molecule has 0 bridgehead atoms. The minimum atomic E-state index is -0.181. The van der Waals surface area contributed by atoms with Crippen molar-refractivity contribution in [2.45, 2.75) is 11.3 Å². The normalized spacial score (nSPS) is 9.67. The van der Waals surface area contributed by atoms with E-state index in [1.807, 2.05) is 30.5 Å². The topological polar surface area (TPSA) is 55.1 Å². The minimum absolute atomic E-state index is 0.0829. The molecule has 1 rings (SSSR count). The van der Waals surface area contributed by atoms with Gasteiger partial charge in [0.15, 0.2) is 0 Å². The Labute approximate surface area is 98.4 Å². The highest BCUT2D eigenvalue weighted by Gasteiger charge is 2.03. The zero-order chi connectivity index (χ0) is 11.3. The first-order valence-electron chi connectivity index (χ1n) is 4.34. The van der Waals surface area contributed by atoms with E-state index in [-0.39, 0.29) is 17.3 Å². The number of nitrogens with one attached hydrogen (secondary N) is 1. The third-order valence-corrected chi connectivity index (χ3v) is 2.60. The summed E-state index contributed by atoms with van der Waals surface area (Å²) in [5.74, 6) is -0.181. The van der Waals surface area contributed by atoms with Gasteiger partial charge in [-0.2, -0.15) is 0 Å². The fraction of sp³-hybridized carbons (Fsp3) is 0.200. The van der Waals surface area contributed by atoms with Gasteiger partial charge in [-0.15, -0.1) is 11.8 Å². The first kappa shape index (κ1) is 12.0. The first-order chi connectivity index (χ1) is 7.11. The van der Waals surface area contributed by atoms with Crippen molar-refractivity contribution in [1.82, 2.24) is 0 Å². The number of thiocarbonyl (C=S) groups is 1. The fourth-order valence-electron chi connectivity index (χ4n) is 1.04. The summed E-state index contributed by atoms with van der Waals surface area (Å²) in [6, 6.07) is 7.59. The number of thioether (sulfide) groups is 1. The Kier molecular flexibility index (Phi) is 4.58. The van der Waals surface area contributed by atoms with Crippen molar-refractivity contribution >= 4 is 40.6 Å². The summed E-state index contributed by atoms with van der Waals surface area (Å²) in [4.78, 5) is 12.7. The summed E-state index contributed by atoms with van der Waals surface area (Å²) in [5.41, 5.74) is 6.02. The van der Waals surface area contributed by atoms with Gasteiger partial charge in [0, 0.05) is 10.6 Å². The largest absolute Gasteiger partial charge is 0.393 e. The molecule has 1 aromatic carbocycles. The van der Waals surface area contributed by atoms with Gasteiger partial charge < -0.3 is 11.1 Å². The molecule has 15 heavy (non-hydrogen) atoms. The summed E-state index contributed by atoms with van der Waals surface area (Å²) >= 11 is 6.29. The van der Waals surface area contributed by atoms with Crippen LogP contribution in [0.25, 0.3) is 0 Å². The van der Waals surface area contributed by atoms with Gasteiger partial charge in [-0.1, -0.05) is 12.2 Å². The van der Waals surface area contributed by atoms with Crippen LogP contribution in [0, 0.1) is 0 Å². The number of rotatable bonds is 4. The Hall–Kier alpha value is -1.07. The van der Waals surface area contributed by atoms with Crippen molar-refractivity contribution < 1.29 is 4.79 Å². The third-order valence-electron chi connectivity index (χ3n) is 1.71. The summed E-state index contributed by atoms with van der Waals surface area (Å²) < 4.78 is 0. The zero-order valence-electron chi connectivity index (χ0n) is 8.32. The Balaban J connectivity index is 2.57. The van der Waals surface area contributed by atoms with Crippen LogP contribution in [0.4, 0.5) is 5.69 Å². The predicted molar refractivity (Wildman–Crippen MR) is 68.3 cm³/mol. The summed E-state index contributed by atoms with van der Waals surface area (Å²) in [5, 5.41) is 2.71. The first-order valence-corrected chi connectivity index (χ1v) is 5.97. The highest BCUT2D eigenvalue weighted by Crippen LogP contribution is 2.17. The molecule has 0 aliphatic rings. The van der Waals surface area contributed by atoms with Crippen molar-refractivity contribution in [3.8, 4) is 0 Å². The number of anilines is 1. The van der Waals surface area contributed by atoms with E-state index in [1.165, 1.54) is 0 Å². The van der Waals surface area contributed by atoms with Gasteiger partial charge in [0.05, 0.1) is 11.4 Å². The molecular formula is C10H12N2OS2. The van der Waals surface area contributed by atoms with Crippen molar-refractivity contribution in [2.24, 2.45) is 5.73 Å². The molecule has 3 nitrogen and oxygen atoms in total. The number of amides is 1. The lowest BCUT2D eigenvalue weighted by atomic mass is 10.3. The molecule has 0 saturated carbocycles. The molecule has 1 aromatic rings. The van der Waals surface area contributed by atoms with Crippen LogP contribution in [0.2, 0.25) is 0 Å². The van der Waals surface area contributed by atoms with Crippen LogP contribution in [0.5, 0.6) is 0 Å². The van der Waals surface area contributed by atoms with E-state index in [4.69, 9.17) is 5.73 Å². The lowest BCUT2D eigenvalue weighted by Gasteiger charge is -2.04.